The van der Waals surface area contributed by atoms with Crippen LogP contribution >= 0.6 is 0 Å². The molecule has 170 valence electrons. The second-order valence-electron chi connectivity index (χ2n) is 9.77. The molecule has 31 heavy (non-hydrogen) atoms. The first kappa shape index (κ1) is 22.1. The van der Waals surface area contributed by atoms with Crippen molar-refractivity contribution in [2.45, 2.75) is 70.0 Å². The molecule has 0 spiro atoms. The van der Waals surface area contributed by atoms with Gasteiger partial charge in [0, 0.05) is 44.1 Å². The molecule has 0 aromatic heterocycles. The largest absolute Gasteiger partial charge is 0.372 e. The highest BCUT2D eigenvalue weighted by molar-refractivity contribution is 5.80. The van der Waals surface area contributed by atoms with Gasteiger partial charge in [0.05, 0.1) is 12.2 Å². The molecule has 2 heterocycles. The minimum Gasteiger partial charge on any atom is -0.372 e. The van der Waals surface area contributed by atoms with Gasteiger partial charge in [0.1, 0.15) is 0 Å². The van der Waals surface area contributed by atoms with Crippen molar-refractivity contribution in [3.05, 3.63) is 35.9 Å². The van der Waals surface area contributed by atoms with Crippen molar-refractivity contribution in [2.75, 3.05) is 32.7 Å². The molecule has 3 aliphatic rings. The standard InChI is InChI=1S/C25H37N3O3/c1-19-16-28(17-20(2)31-19)23(29)21-10-14-27(15-11-21)24(30)26-18-25(12-6-7-13-25)22-8-4-3-5-9-22/h3-5,8-9,19-21H,6-7,10-18H2,1-2H3,(H,26,30). The maximum Gasteiger partial charge on any atom is 0.317 e. The third-order valence-electron chi connectivity index (χ3n) is 7.39. The first-order chi connectivity index (χ1) is 15.0. The van der Waals surface area contributed by atoms with Crippen molar-refractivity contribution in [1.82, 2.24) is 15.1 Å². The Labute approximate surface area is 186 Å². The van der Waals surface area contributed by atoms with Crippen molar-refractivity contribution in [2.24, 2.45) is 5.92 Å². The number of hydrogen-bond donors (Lipinski definition) is 1. The monoisotopic (exact) mass is 427 g/mol. The molecule has 1 N–H and O–H groups in total. The van der Waals surface area contributed by atoms with Gasteiger partial charge in [-0.1, -0.05) is 43.2 Å². The molecule has 2 atom stereocenters. The van der Waals surface area contributed by atoms with Crippen LogP contribution in [0.2, 0.25) is 0 Å². The van der Waals surface area contributed by atoms with Crippen molar-refractivity contribution < 1.29 is 14.3 Å². The Balaban J connectivity index is 1.28. The second-order valence-corrected chi connectivity index (χ2v) is 9.77. The zero-order valence-corrected chi connectivity index (χ0v) is 19.0. The van der Waals surface area contributed by atoms with Gasteiger partial charge in [-0.15, -0.1) is 0 Å². The number of carbonyl (C=O) groups excluding carboxylic acids is 2. The molecular formula is C25H37N3O3. The molecule has 6 heteroatoms. The van der Waals surface area contributed by atoms with Gasteiger partial charge in [-0.05, 0) is 45.1 Å². The number of ether oxygens (including phenoxy) is 1. The molecule has 1 aromatic carbocycles. The molecule has 3 amide bonds. The summed E-state index contributed by atoms with van der Waals surface area (Å²) in [6.07, 6.45) is 6.37. The summed E-state index contributed by atoms with van der Waals surface area (Å²) in [4.78, 5) is 29.7. The summed E-state index contributed by atoms with van der Waals surface area (Å²) in [6, 6.07) is 10.6. The first-order valence-corrected chi connectivity index (χ1v) is 12.0. The van der Waals surface area contributed by atoms with Crippen molar-refractivity contribution in [3.8, 4) is 0 Å². The van der Waals surface area contributed by atoms with Crippen LogP contribution in [0.5, 0.6) is 0 Å². The molecule has 1 saturated carbocycles. The molecule has 1 aromatic rings. The average molecular weight is 428 g/mol. The van der Waals surface area contributed by atoms with E-state index in [9.17, 15) is 9.59 Å². The lowest BCUT2D eigenvalue weighted by molar-refractivity contribution is -0.148. The number of hydrogen-bond acceptors (Lipinski definition) is 3. The van der Waals surface area contributed by atoms with Gasteiger partial charge in [-0.2, -0.15) is 0 Å². The van der Waals surface area contributed by atoms with Gasteiger partial charge in [0.15, 0.2) is 0 Å². The summed E-state index contributed by atoms with van der Waals surface area (Å²) in [5, 5.41) is 3.23. The highest BCUT2D eigenvalue weighted by atomic mass is 16.5. The van der Waals surface area contributed by atoms with Gasteiger partial charge in [0.2, 0.25) is 5.91 Å². The number of carbonyl (C=O) groups is 2. The van der Waals surface area contributed by atoms with Gasteiger partial charge < -0.3 is 19.9 Å². The summed E-state index contributed by atoms with van der Waals surface area (Å²) in [5.41, 5.74) is 1.40. The number of likely N-dealkylation sites (tertiary alicyclic amines) is 1. The van der Waals surface area contributed by atoms with Gasteiger partial charge in [0.25, 0.3) is 0 Å². The molecule has 1 aliphatic carbocycles. The Hall–Kier alpha value is -2.08. The highest BCUT2D eigenvalue weighted by Gasteiger charge is 2.37. The minimum absolute atomic E-state index is 0.0155. The SMILES string of the molecule is CC1CN(C(=O)C2CCN(C(=O)NCC3(c4ccccc4)CCCC3)CC2)CC(C)O1. The lowest BCUT2D eigenvalue weighted by atomic mass is 9.79. The van der Waals surface area contributed by atoms with Crippen LogP contribution < -0.4 is 5.32 Å². The van der Waals surface area contributed by atoms with E-state index in [1.807, 2.05) is 23.6 Å². The van der Waals surface area contributed by atoms with Crippen LogP contribution in [0.3, 0.4) is 0 Å². The summed E-state index contributed by atoms with van der Waals surface area (Å²) in [7, 11) is 0. The number of nitrogens with one attached hydrogen (secondary N) is 1. The summed E-state index contributed by atoms with van der Waals surface area (Å²) in [6.45, 7) is 7.38. The Morgan fingerprint density at radius 3 is 2.23 bits per heavy atom. The third-order valence-corrected chi connectivity index (χ3v) is 7.39. The molecule has 2 aliphatic heterocycles. The molecule has 0 radical (unpaired) electrons. The van der Waals surface area contributed by atoms with Crippen LogP contribution in [0, 0.1) is 5.92 Å². The Morgan fingerprint density at radius 2 is 1.61 bits per heavy atom. The quantitative estimate of drug-likeness (QED) is 0.799. The molecule has 4 rings (SSSR count). The van der Waals surface area contributed by atoms with E-state index in [0.717, 1.165) is 25.7 Å². The molecule has 2 unspecified atom stereocenters. The van der Waals surface area contributed by atoms with E-state index in [1.54, 1.807) is 0 Å². The fraction of sp³-hybridized carbons (Fsp3) is 0.680. The second kappa shape index (κ2) is 9.60. The van der Waals surface area contributed by atoms with Gasteiger partial charge in [-0.3, -0.25) is 4.79 Å². The summed E-state index contributed by atoms with van der Waals surface area (Å²) < 4.78 is 5.76. The number of amides is 3. The highest BCUT2D eigenvalue weighted by Crippen LogP contribution is 2.40. The Kier molecular flexibility index (Phi) is 6.85. The fourth-order valence-electron chi connectivity index (χ4n) is 5.71. The normalized spacial score (nSPS) is 26.6. The van der Waals surface area contributed by atoms with Gasteiger partial charge >= 0.3 is 6.03 Å². The van der Waals surface area contributed by atoms with E-state index in [1.165, 1.54) is 18.4 Å². The minimum atomic E-state index is 0.0155. The van der Waals surface area contributed by atoms with E-state index in [2.05, 4.69) is 35.6 Å². The summed E-state index contributed by atoms with van der Waals surface area (Å²) in [5.74, 6) is 0.253. The molecular weight excluding hydrogens is 390 g/mol. The summed E-state index contributed by atoms with van der Waals surface area (Å²) >= 11 is 0. The van der Waals surface area contributed by atoms with Gasteiger partial charge in [-0.25, -0.2) is 4.79 Å². The number of rotatable bonds is 4. The van der Waals surface area contributed by atoms with Crippen LogP contribution in [-0.2, 0) is 14.9 Å². The maximum atomic E-state index is 13.0. The fourth-order valence-corrected chi connectivity index (χ4v) is 5.71. The van der Waals surface area contributed by atoms with Crippen molar-refractivity contribution in [1.29, 1.82) is 0 Å². The first-order valence-electron chi connectivity index (χ1n) is 12.0. The van der Waals surface area contributed by atoms with Crippen LogP contribution in [0.15, 0.2) is 30.3 Å². The molecule has 2 saturated heterocycles. The molecule has 6 nitrogen and oxygen atoms in total. The third kappa shape index (κ3) is 5.05. The number of nitrogens with zero attached hydrogens (tertiary/aromatic N) is 2. The number of urea groups is 1. The van der Waals surface area contributed by atoms with E-state index >= 15 is 0 Å². The van der Waals surface area contributed by atoms with Crippen LogP contribution in [0.1, 0.15) is 57.9 Å². The van der Waals surface area contributed by atoms with Crippen molar-refractivity contribution in [3.63, 3.8) is 0 Å². The van der Waals surface area contributed by atoms with Crippen LogP contribution in [0.25, 0.3) is 0 Å². The van der Waals surface area contributed by atoms with E-state index in [0.29, 0.717) is 32.7 Å². The lowest BCUT2D eigenvalue weighted by Crippen LogP contribution is -2.53. The van der Waals surface area contributed by atoms with Crippen LogP contribution in [0.4, 0.5) is 4.79 Å². The van der Waals surface area contributed by atoms with Crippen LogP contribution in [-0.4, -0.2) is 66.7 Å². The molecule has 0 bridgehead atoms. The zero-order chi connectivity index (χ0) is 21.8. The zero-order valence-electron chi connectivity index (χ0n) is 19.0. The maximum absolute atomic E-state index is 13.0. The van der Waals surface area contributed by atoms with E-state index in [4.69, 9.17) is 4.74 Å². The molecule has 3 fully saturated rings. The van der Waals surface area contributed by atoms with Crippen molar-refractivity contribution >= 4 is 11.9 Å². The number of morpholine rings is 1. The Bertz CT molecular complexity index is 745. The number of benzene rings is 1. The topological polar surface area (TPSA) is 61.9 Å². The Morgan fingerprint density at radius 1 is 1.00 bits per heavy atom. The lowest BCUT2D eigenvalue weighted by Gasteiger charge is -2.39. The van der Waals surface area contributed by atoms with E-state index in [-0.39, 0.29) is 35.5 Å². The average Bonchev–Trinajstić information content (AvgIpc) is 3.27. The van der Waals surface area contributed by atoms with E-state index < -0.39 is 0 Å². The smallest absolute Gasteiger partial charge is 0.317 e. The predicted molar refractivity (Wildman–Crippen MR) is 121 cm³/mol. The number of piperidine rings is 1. The predicted octanol–water partition coefficient (Wildman–Crippen LogP) is 3.56.